The first kappa shape index (κ1) is 16.0. The number of rotatable bonds is 4. The van der Waals surface area contributed by atoms with Crippen LogP contribution in [0.3, 0.4) is 0 Å². The van der Waals surface area contributed by atoms with Gasteiger partial charge in [0.05, 0.1) is 11.8 Å². The molecule has 6 heteroatoms. The highest BCUT2D eigenvalue weighted by atomic mass is 32.1. The van der Waals surface area contributed by atoms with Gasteiger partial charge >= 0.3 is 5.97 Å². The zero-order valence-corrected chi connectivity index (χ0v) is 14.8. The zero-order chi connectivity index (χ0) is 17.4. The second kappa shape index (κ2) is 6.44. The average Bonchev–Trinajstić information content (AvgIpc) is 2.94. The molecule has 5 nitrogen and oxygen atoms in total. The van der Waals surface area contributed by atoms with Crippen molar-refractivity contribution in [2.24, 2.45) is 0 Å². The van der Waals surface area contributed by atoms with Crippen LogP contribution < -0.4 is 5.32 Å². The maximum atomic E-state index is 10.8. The summed E-state index contributed by atoms with van der Waals surface area (Å²) in [6.07, 6.45) is 4.73. The van der Waals surface area contributed by atoms with Crippen molar-refractivity contribution in [1.29, 1.82) is 0 Å². The van der Waals surface area contributed by atoms with Crippen molar-refractivity contribution in [2.45, 2.75) is 39.0 Å². The number of fused-ring (bicyclic) bond motifs is 3. The molecule has 0 amide bonds. The largest absolute Gasteiger partial charge is 0.481 e. The highest BCUT2D eigenvalue weighted by molar-refractivity contribution is 7.19. The lowest BCUT2D eigenvalue weighted by Gasteiger charge is -2.13. The Morgan fingerprint density at radius 1 is 1.20 bits per heavy atom. The third kappa shape index (κ3) is 3.22. The summed E-state index contributed by atoms with van der Waals surface area (Å²) in [5, 5.41) is 13.4. The minimum absolute atomic E-state index is 0.0369. The lowest BCUT2D eigenvalue weighted by molar-refractivity contribution is -0.136. The Bertz CT molecular complexity index is 947. The van der Waals surface area contributed by atoms with Crippen LogP contribution in [0.2, 0.25) is 0 Å². The summed E-state index contributed by atoms with van der Waals surface area (Å²) < 4.78 is 0. The molecule has 0 spiro atoms. The Morgan fingerprint density at radius 2 is 1.96 bits per heavy atom. The van der Waals surface area contributed by atoms with Gasteiger partial charge in [0.2, 0.25) is 0 Å². The number of anilines is 2. The van der Waals surface area contributed by atoms with Crippen LogP contribution in [0.25, 0.3) is 10.2 Å². The molecule has 0 aliphatic heterocycles. The van der Waals surface area contributed by atoms with E-state index < -0.39 is 5.97 Å². The van der Waals surface area contributed by atoms with Crippen molar-refractivity contribution < 1.29 is 9.90 Å². The Labute approximate surface area is 149 Å². The quantitative estimate of drug-likeness (QED) is 0.733. The molecule has 0 saturated heterocycles. The van der Waals surface area contributed by atoms with Gasteiger partial charge in [0.1, 0.15) is 16.5 Å². The average molecular weight is 353 g/mol. The smallest absolute Gasteiger partial charge is 0.307 e. The van der Waals surface area contributed by atoms with E-state index in [1.165, 1.54) is 23.3 Å². The van der Waals surface area contributed by atoms with Gasteiger partial charge in [-0.1, -0.05) is 12.1 Å². The number of aryl methyl sites for hydroxylation is 3. The van der Waals surface area contributed by atoms with E-state index in [0.29, 0.717) is 0 Å². The molecule has 1 aliphatic carbocycles. The summed E-state index contributed by atoms with van der Waals surface area (Å²) in [6.45, 7) is 1.92. The molecule has 25 heavy (non-hydrogen) atoms. The van der Waals surface area contributed by atoms with Crippen LogP contribution in [-0.4, -0.2) is 21.0 Å². The van der Waals surface area contributed by atoms with Crippen LogP contribution in [0.4, 0.5) is 11.5 Å². The minimum atomic E-state index is -0.821. The van der Waals surface area contributed by atoms with Gasteiger partial charge in [0, 0.05) is 10.6 Å². The number of hydrogen-bond donors (Lipinski definition) is 2. The van der Waals surface area contributed by atoms with E-state index in [1.807, 2.05) is 31.2 Å². The Morgan fingerprint density at radius 3 is 2.72 bits per heavy atom. The maximum absolute atomic E-state index is 10.8. The fourth-order valence-electron chi connectivity index (χ4n) is 3.37. The van der Waals surface area contributed by atoms with Crippen molar-refractivity contribution in [2.75, 3.05) is 5.32 Å². The van der Waals surface area contributed by atoms with Crippen molar-refractivity contribution in [1.82, 2.24) is 9.97 Å². The maximum Gasteiger partial charge on any atom is 0.307 e. The molecule has 0 bridgehead atoms. The molecule has 0 fully saturated rings. The number of carboxylic acid groups (broad SMARTS) is 1. The van der Waals surface area contributed by atoms with Crippen LogP contribution in [0.1, 0.15) is 34.7 Å². The topological polar surface area (TPSA) is 75.1 Å². The van der Waals surface area contributed by atoms with Crippen molar-refractivity contribution >= 4 is 39.0 Å². The third-order valence-electron chi connectivity index (χ3n) is 4.50. The fraction of sp³-hybridized carbons (Fsp3) is 0.316. The molecule has 1 aromatic carbocycles. The van der Waals surface area contributed by atoms with E-state index in [2.05, 4.69) is 15.3 Å². The van der Waals surface area contributed by atoms with Crippen molar-refractivity contribution in [3.05, 3.63) is 46.1 Å². The van der Waals surface area contributed by atoms with Crippen LogP contribution in [-0.2, 0) is 24.1 Å². The van der Waals surface area contributed by atoms with Gasteiger partial charge in [-0.15, -0.1) is 11.3 Å². The van der Waals surface area contributed by atoms with Gasteiger partial charge < -0.3 is 10.4 Å². The Kier molecular flexibility index (Phi) is 4.13. The number of nitrogens with one attached hydrogen (secondary N) is 1. The second-order valence-electron chi connectivity index (χ2n) is 6.40. The lowest BCUT2D eigenvalue weighted by atomic mass is 9.97. The Hall–Kier alpha value is -2.47. The highest BCUT2D eigenvalue weighted by Gasteiger charge is 2.20. The van der Waals surface area contributed by atoms with E-state index in [9.17, 15) is 4.79 Å². The molecular formula is C19H19N3O2S. The van der Waals surface area contributed by atoms with Crippen LogP contribution in [0, 0.1) is 6.92 Å². The molecule has 3 aromatic rings. The molecule has 2 heterocycles. The molecule has 0 unspecified atom stereocenters. The van der Waals surface area contributed by atoms with Crippen molar-refractivity contribution in [3.8, 4) is 0 Å². The summed E-state index contributed by atoms with van der Waals surface area (Å²) in [5.41, 5.74) is 3.09. The second-order valence-corrected chi connectivity index (χ2v) is 7.49. The molecule has 1 aliphatic rings. The normalized spacial score (nSPS) is 13.6. The van der Waals surface area contributed by atoms with Crippen LogP contribution in [0.5, 0.6) is 0 Å². The first-order valence-electron chi connectivity index (χ1n) is 8.47. The SMILES string of the molecule is Cc1nc(Nc2ccc(CC(=O)O)cc2)c2c3c(sc2n1)CCCC3. The van der Waals surface area contributed by atoms with Gasteiger partial charge in [-0.2, -0.15) is 0 Å². The van der Waals surface area contributed by atoms with Gasteiger partial charge in [0.15, 0.2) is 0 Å². The molecule has 2 N–H and O–H groups in total. The monoisotopic (exact) mass is 353 g/mol. The van der Waals surface area contributed by atoms with Crippen molar-refractivity contribution in [3.63, 3.8) is 0 Å². The predicted molar refractivity (Wildman–Crippen MR) is 99.9 cm³/mol. The molecule has 0 atom stereocenters. The molecule has 128 valence electrons. The zero-order valence-electron chi connectivity index (χ0n) is 14.0. The van der Waals surface area contributed by atoms with E-state index in [1.54, 1.807) is 11.3 Å². The minimum Gasteiger partial charge on any atom is -0.481 e. The van der Waals surface area contributed by atoms with E-state index in [-0.39, 0.29) is 6.42 Å². The lowest BCUT2D eigenvalue weighted by Crippen LogP contribution is -2.03. The number of benzene rings is 1. The number of carbonyl (C=O) groups is 1. The van der Waals surface area contributed by atoms with Gasteiger partial charge in [-0.3, -0.25) is 4.79 Å². The predicted octanol–water partition coefficient (Wildman–Crippen LogP) is 4.25. The van der Waals surface area contributed by atoms with Gasteiger partial charge in [-0.25, -0.2) is 9.97 Å². The first-order chi connectivity index (χ1) is 12.1. The third-order valence-corrected chi connectivity index (χ3v) is 5.68. The van der Waals surface area contributed by atoms with E-state index in [0.717, 1.165) is 46.0 Å². The number of hydrogen-bond acceptors (Lipinski definition) is 5. The summed E-state index contributed by atoms with van der Waals surface area (Å²) >= 11 is 1.79. The fourth-order valence-corrected chi connectivity index (χ4v) is 4.68. The number of aliphatic carboxylic acids is 1. The Balaban J connectivity index is 1.71. The molecule has 4 rings (SSSR count). The number of thiophene rings is 1. The summed E-state index contributed by atoms with van der Waals surface area (Å²) in [6, 6.07) is 7.48. The summed E-state index contributed by atoms with van der Waals surface area (Å²) in [5.74, 6) is 0.794. The van der Waals surface area contributed by atoms with Crippen LogP contribution in [0.15, 0.2) is 24.3 Å². The van der Waals surface area contributed by atoms with Crippen LogP contribution >= 0.6 is 11.3 Å². The molecule has 0 saturated carbocycles. The number of carboxylic acids is 1. The molecule has 2 aromatic heterocycles. The first-order valence-corrected chi connectivity index (χ1v) is 9.28. The van der Waals surface area contributed by atoms with E-state index in [4.69, 9.17) is 5.11 Å². The number of nitrogens with zero attached hydrogens (tertiary/aromatic N) is 2. The van der Waals surface area contributed by atoms with Gasteiger partial charge in [0.25, 0.3) is 0 Å². The summed E-state index contributed by atoms with van der Waals surface area (Å²) in [4.78, 5) is 22.6. The standard InChI is InChI=1S/C19H19N3O2S/c1-11-20-18(22-13-8-6-12(7-9-13)10-16(23)24)17-14-4-2-3-5-15(14)25-19(17)21-11/h6-9H,2-5,10H2,1H3,(H,23,24)(H,20,21,22). The molecule has 0 radical (unpaired) electrons. The molecular weight excluding hydrogens is 334 g/mol. The number of aromatic nitrogens is 2. The summed E-state index contributed by atoms with van der Waals surface area (Å²) in [7, 11) is 0. The highest BCUT2D eigenvalue weighted by Crippen LogP contribution is 2.39. The van der Waals surface area contributed by atoms with Gasteiger partial charge in [-0.05, 0) is 55.9 Å². The van der Waals surface area contributed by atoms with E-state index >= 15 is 0 Å².